The second kappa shape index (κ2) is 1.70. The van der Waals surface area contributed by atoms with Crippen molar-refractivity contribution in [3.63, 3.8) is 0 Å². The molecular weight excluding hydrogens is 128 g/mol. The fourth-order valence-corrected chi connectivity index (χ4v) is 0.899. The number of nitrogens with zero attached hydrogens (tertiary/aromatic N) is 2. The maximum Gasteiger partial charge on any atom is 0.286 e. The average Bonchev–Trinajstić information content (AvgIpc) is 2.36. The Morgan fingerprint density at radius 3 is 3.20 bits per heavy atom. The topological polar surface area (TPSA) is 58.8 Å². The van der Waals surface area contributed by atoms with Crippen LogP contribution in [0.4, 0.5) is 5.82 Å². The molecule has 0 aliphatic carbocycles. The van der Waals surface area contributed by atoms with Crippen molar-refractivity contribution in [2.75, 3.05) is 5.73 Å². The first-order chi connectivity index (χ1) is 4.88. The summed E-state index contributed by atoms with van der Waals surface area (Å²) >= 11 is 0. The summed E-state index contributed by atoms with van der Waals surface area (Å²) in [5.41, 5.74) is 6.43. The van der Waals surface area contributed by atoms with Gasteiger partial charge in [-0.3, -0.25) is 5.10 Å². The molecule has 50 valence electrons. The van der Waals surface area contributed by atoms with Crippen LogP contribution in [0, 0.1) is 0 Å². The molecule has 0 fully saturated rings. The quantitative estimate of drug-likeness (QED) is 0.488. The number of aromatic nitrogens is 3. The third-order valence-electron chi connectivity index (χ3n) is 1.38. The molecule has 2 aromatic heterocycles. The molecule has 2 rings (SSSR count). The van der Waals surface area contributed by atoms with Gasteiger partial charge in [0.2, 0.25) is 5.82 Å². The van der Waals surface area contributed by atoms with Crippen LogP contribution >= 0.6 is 0 Å². The predicted molar refractivity (Wildman–Crippen MR) is 36.2 cm³/mol. The Labute approximate surface area is 57.3 Å². The fourth-order valence-electron chi connectivity index (χ4n) is 0.899. The summed E-state index contributed by atoms with van der Waals surface area (Å²) in [6.45, 7) is 0. The van der Waals surface area contributed by atoms with Gasteiger partial charge in [0.15, 0.2) is 0 Å². The molecule has 0 atom stereocenters. The molecule has 3 N–H and O–H groups in total. The Kier molecular flexibility index (Phi) is 0.887. The summed E-state index contributed by atoms with van der Waals surface area (Å²) in [5, 5.41) is 2.92. The lowest BCUT2D eigenvalue weighted by Gasteiger charge is -1.86. The maximum absolute atomic E-state index is 5.59. The number of hydrogen-bond donors (Lipinski definition) is 2. The third-order valence-corrected chi connectivity index (χ3v) is 1.38. The van der Waals surface area contributed by atoms with Gasteiger partial charge in [-0.2, -0.15) is 0 Å². The minimum absolute atomic E-state index is 0.662. The Hall–Kier alpha value is -1.58. The molecule has 0 aromatic carbocycles. The van der Waals surface area contributed by atoms with Crippen molar-refractivity contribution in [2.24, 2.45) is 0 Å². The molecule has 0 spiro atoms. The van der Waals surface area contributed by atoms with E-state index in [1.54, 1.807) is 23.0 Å². The van der Waals surface area contributed by atoms with Gasteiger partial charge in [-0.15, -0.1) is 9.50 Å². The summed E-state index contributed by atoms with van der Waals surface area (Å²) in [5.74, 6) is 0.662. The summed E-state index contributed by atoms with van der Waals surface area (Å²) in [7, 11) is 0. The van der Waals surface area contributed by atoms with Gasteiger partial charge >= 0.3 is 0 Å². The molecule has 0 aliphatic rings. The summed E-state index contributed by atoms with van der Waals surface area (Å²) < 4.78 is 1.71. The highest BCUT2D eigenvalue weighted by Gasteiger charge is 2.02. The molecule has 4 heteroatoms. The number of nitrogen functional groups attached to an aromatic ring is 1. The van der Waals surface area contributed by atoms with Crippen LogP contribution in [-0.4, -0.2) is 10.1 Å². The van der Waals surface area contributed by atoms with Crippen molar-refractivity contribution in [1.82, 2.24) is 10.1 Å². The van der Waals surface area contributed by atoms with E-state index in [1.165, 1.54) is 0 Å². The van der Waals surface area contributed by atoms with E-state index in [4.69, 9.17) is 5.73 Å². The van der Waals surface area contributed by atoms with E-state index in [9.17, 15) is 0 Å². The molecule has 4 nitrogen and oxygen atoms in total. The normalized spacial score (nSPS) is 10.4. The smallest absolute Gasteiger partial charge is 0.286 e. The highest BCUT2D eigenvalue weighted by atomic mass is 15.3. The minimum atomic E-state index is 0.662. The van der Waals surface area contributed by atoms with E-state index < -0.39 is 0 Å². The van der Waals surface area contributed by atoms with Gasteiger partial charge in [0.05, 0.1) is 0 Å². The fraction of sp³-hybridized carbons (Fsp3) is 0. The van der Waals surface area contributed by atoms with Crippen molar-refractivity contribution in [3.8, 4) is 0 Å². The van der Waals surface area contributed by atoms with Crippen LogP contribution in [0.1, 0.15) is 0 Å². The van der Waals surface area contributed by atoms with E-state index in [2.05, 4.69) is 10.1 Å². The van der Waals surface area contributed by atoms with Crippen molar-refractivity contribution >= 4 is 11.5 Å². The Bertz CT molecular complexity index is 351. The van der Waals surface area contributed by atoms with Crippen LogP contribution in [0.25, 0.3) is 5.65 Å². The van der Waals surface area contributed by atoms with Gasteiger partial charge < -0.3 is 5.73 Å². The highest BCUT2D eigenvalue weighted by molar-refractivity contribution is 5.31. The lowest BCUT2D eigenvalue weighted by Crippen LogP contribution is -2.27. The van der Waals surface area contributed by atoms with Crippen LogP contribution < -0.4 is 10.2 Å². The van der Waals surface area contributed by atoms with Gasteiger partial charge in [0.25, 0.3) is 5.65 Å². The molecule has 10 heavy (non-hydrogen) atoms. The van der Waals surface area contributed by atoms with Crippen LogP contribution in [0.3, 0.4) is 0 Å². The highest BCUT2D eigenvalue weighted by Crippen LogP contribution is 1.93. The van der Waals surface area contributed by atoms with Crippen molar-refractivity contribution < 1.29 is 4.52 Å². The Balaban J connectivity index is 2.95. The predicted octanol–water partition coefficient (Wildman–Crippen LogP) is -0.269. The molecule has 0 amide bonds. The van der Waals surface area contributed by atoms with Crippen molar-refractivity contribution in [3.05, 3.63) is 24.5 Å². The van der Waals surface area contributed by atoms with Crippen molar-refractivity contribution in [2.45, 2.75) is 0 Å². The van der Waals surface area contributed by atoms with E-state index >= 15 is 0 Å². The molecule has 2 heterocycles. The number of anilines is 1. The van der Waals surface area contributed by atoms with E-state index in [-0.39, 0.29) is 0 Å². The van der Waals surface area contributed by atoms with E-state index in [0.717, 1.165) is 5.65 Å². The van der Waals surface area contributed by atoms with Gasteiger partial charge in [-0.1, -0.05) is 0 Å². The minimum Gasteiger partial charge on any atom is -0.317 e. The molecular formula is C6H7N4+. The average molecular weight is 135 g/mol. The molecule has 0 saturated carbocycles. The van der Waals surface area contributed by atoms with E-state index in [1.807, 2.05) is 6.07 Å². The number of fused-ring (bicyclic) bond motifs is 1. The number of nitrogens with two attached hydrogens (primary N) is 1. The van der Waals surface area contributed by atoms with Crippen LogP contribution in [0.2, 0.25) is 0 Å². The van der Waals surface area contributed by atoms with E-state index in [0.29, 0.717) is 5.82 Å². The second-order valence-corrected chi connectivity index (χ2v) is 2.03. The first-order valence-corrected chi connectivity index (χ1v) is 2.97. The lowest BCUT2D eigenvalue weighted by atomic mass is 10.6. The van der Waals surface area contributed by atoms with Gasteiger partial charge in [-0.25, -0.2) is 0 Å². The van der Waals surface area contributed by atoms with Gasteiger partial charge in [-0.05, 0) is 0 Å². The Morgan fingerprint density at radius 1 is 1.50 bits per heavy atom. The second-order valence-electron chi connectivity index (χ2n) is 2.03. The molecule has 0 aliphatic heterocycles. The first kappa shape index (κ1) is 5.22. The standard InChI is InChI=1S/C6H6N4/c7-5-1-3-8-6-2-4-9-10(5)6/h1-4H,(H2,7,8,9)/p+1. The first-order valence-electron chi connectivity index (χ1n) is 2.97. The zero-order valence-electron chi connectivity index (χ0n) is 5.28. The van der Waals surface area contributed by atoms with Gasteiger partial charge in [0, 0.05) is 18.3 Å². The zero-order chi connectivity index (χ0) is 6.97. The summed E-state index contributed by atoms with van der Waals surface area (Å²) in [4.78, 5) is 4.05. The molecule has 2 aromatic rings. The van der Waals surface area contributed by atoms with Gasteiger partial charge in [0.1, 0.15) is 6.20 Å². The third kappa shape index (κ3) is 0.556. The Morgan fingerprint density at radius 2 is 2.40 bits per heavy atom. The van der Waals surface area contributed by atoms with Crippen molar-refractivity contribution in [1.29, 1.82) is 0 Å². The molecule has 0 saturated heterocycles. The lowest BCUT2D eigenvalue weighted by molar-refractivity contribution is -0.563. The SMILES string of the molecule is Nc1ccnc2cc[nH][n+]12. The van der Waals surface area contributed by atoms with Crippen LogP contribution in [-0.2, 0) is 0 Å². The zero-order valence-corrected chi connectivity index (χ0v) is 5.28. The maximum atomic E-state index is 5.59. The monoisotopic (exact) mass is 135 g/mol. The number of rotatable bonds is 0. The summed E-state index contributed by atoms with van der Waals surface area (Å²) in [6, 6.07) is 3.60. The molecule has 0 unspecified atom stereocenters. The van der Waals surface area contributed by atoms with Crippen LogP contribution in [0.15, 0.2) is 24.5 Å². The number of nitrogens with one attached hydrogen (secondary N) is 1. The van der Waals surface area contributed by atoms with Crippen LogP contribution in [0.5, 0.6) is 0 Å². The molecule has 0 bridgehead atoms. The number of H-pyrrole nitrogens is 1. The summed E-state index contributed by atoms with van der Waals surface area (Å²) in [6.07, 6.45) is 3.47. The molecule has 0 radical (unpaired) electrons. The number of hydrogen-bond acceptors (Lipinski definition) is 2. The largest absolute Gasteiger partial charge is 0.317 e. The number of aromatic amines is 1.